The van der Waals surface area contributed by atoms with Crippen LogP contribution in [0.25, 0.3) is 11.3 Å². The van der Waals surface area contributed by atoms with Crippen molar-refractivity contribution in [3.05, 3.63) is 71.9 Å². The van der Waals surface area contributed by atoms with Crippen molar-refractivity contribution in [2.45, 2.75) is 19.9 Å². The topological polar surface area (TPSA) is 84.3 Å². The fourth-order valence-corrected chi connectivity index (χ4v) is 2.75. The van der Waals surface area contributed by atoms with Crippen LogP contribution in [-0.4, -0.2) is 27.7 Å². The highest BCUT2D eigenvalue weighted by Crippen LogP contribution is 2.27. The summed E-state index contributed by atoms with van der Waals surface area (Å²) in [6, 6.07) is 16.8. The van der Waals surface area contributed by atoms with E-state index in [2.05, 4.69) is 15.3 Å². The van der Waals surface area contributed by atoms with E-state index in [-0.39, 0.29) is 11.6 Å². The minimum absolute atomic E-state index is 0.0383. The number of aromatic nitrogens is 2. The zero-order valence-electron chi connectivity index (χ0n) is 15.2. The second kappa shape index (κ2) is 8.31. The maximum Gasteiger partial charge on any atom is 0.339 e. The van der Waals surface area contributed by atoms with E-state index in [1.807, 2.05) is 44.2 Å². The van der Waals surface area contributed by atoms with Crippen LogP contribution in [0.3, 0.4) is 0 Å². The first-order chi connectivity index (χ1) is 13.1. The highest BCUT2D eigenvalue weighted by molar-refractivity contribution is 5.92. The molecule has 1 heterocycles. The van der Waals surface area contributed by atoms with Gasteiger partial charge in [0.05, 0.1) is 18.3 Å². The molecular weight excluding hydrogens is 342 g/mol. The van der Waals surface area contributed by atoms with Gasteiger partial charge in [-0.2, -0.15) is 0 Å². The van der Waals surface area contributed by atoms with Crippen LogP contribution in [0.5, 0.6) is 5.75 Å². The number of carboxylic acids is 1. The number of benzene rings is 2. The second-order valence-electron chi connectivity index (χ2n) is 5.99. The van der Waals surface area contributed by atoms with Crippen molar-refractivity contribution in [2.24, 2.45) is 0 Å². The molecule has 3 rings (SSSR count). The van der Waals surface area contributed by atoms with Crippen LogP contribution < -0.4 is 10.1 Å². The molecule has 1 aromatic heterocycles. The molecule has 0 bridgehead atoms. The van der Waals surface area contributed by atoms with Crippen molar-refractivity contribution < 1.29 is 14.6 Å². The summed E-state index contributed by atoms with van der Waals surface area (Å²) in [7, 11) is 0. The summed E-state index contributed by atoms with van der Waals surface area (Å²) in [6.45, 7) is 4.25. The standard InChI is InChI=1S/C21H21N3O3/c1-3-27-19-10-9-16(13-17(19)20(25)26)18-11-12-22-21(24-18)23-14(2)15-7-5-4-6-8-15/h4-14H,3H2,1-2H3,(H,25,26)(H,22,23,24). The van der Waals surface area contributed by atoms with Crippen molar-refractivity contribution in [1.29, 1.82) is 0 Å². The molecule has 27 heavy (non-hydrogen) atoms. The Balaban J connectivity index is 1.87. The SMILES string of the molecule is CCOc1ccc(-c2ccnc(NC(C)c3ccccc3)n2)cc1C(=O)O. The van der Waals surface area contributed by atoms with Crippen LogP contribution in [0, 0.1) is 0 Å². The van der Waals surface area contributed by atoms with Crippen molar-refractivity contribution in [2.75, 3.05) is 11.9 Å². The fourth-order valence-electron chi connectivity index (χ4n) is 2.75. The predicted octanol–water partition coefficient (Wildman–Crippen LogP) is 4.41. The van der Waals surface area contributed by atoms with Gasteiger partial charge >= 0.3 is 5.97 Å². The molecular formula is C21H21N3O3. The number of aromatic carboxylic acids is 1. The van der Waals surface area contributed by atoms with Gasteiger partial charge in [0, 0.05) is 11.8 Å². The van der Waals surface area contributed by atoms with Gasteiger partial charge in [0.15, 0.2) is 0 Å². The van der Waals surface area contributed by atoms with Crippen molar-refractivity contribution in [1.82, 2.24) is 9.97 Å². The number of nitrogens with one attached hydrogen (secondary N) is 1. The van der Waals surface area contributed by atoms with Crippen LogP contribution in [0.1, 0.15) is 35.8 Å². The van der Waals surface area contributed by atoms with Gasteiger partial charge in [0.1, 0.15) is 11.3 Å². The van der Waals surface area contributed by atoms with Crippen LogP contribution in [-0.2, 0) is 0 Å². The quantitative estimate of drug-likeness (QED) is 0.647. The second-order valence-corrected chi connectivity index (χ2v) is 5.99. The Morgan fingerprint density at radius 1 is 1.19 bits per heavy atom. The van der Waals surface area contributed by atoms with E-state index in [0.29, 0.717) is 29.6 Å². The van der Waals surface area contributed by atoms with Crippen molar-refractivity contribution in [3.63, 3.8) is 0 Å². The molecule has 6 heteroatoms. The maximum absolute atomic E-state index is 11.5. The van der Waals surface area contributed by atoms with E-state index >= 15 is 0 Å². The molecule has 2 N–H and O–H groups in total. The largest absolute Gasteiger partial charge is 0.493 e. The van der Waals surface area contributed by atoms with Gasteiger partial charge in [-0.15, -0.1) is 0 Å². The number of ether oxygens (including phenoxy) is 1. The van der Waals surface area contributed by atoms with Gasteiger partial charge in [-0.1, -0.05) is 30.3 Å². The Kier molecular flexibility index (Phi) is 5.66. The normalized spacial score (nSPS) is 11.6. The van der Waals surface area contributed by atoms with Gasteiger partial charge in [-0.05, 0) is 43.7 Å². The average Bonchev–Trinajstić information content (AvgIpc) is 2.69. The van der Waals surface area contributed by atoms with Crippen LogP contribution in [0.2, 0.25) is 0 Å². The fraction of sp³-hybridized carbons (Fsp3) is 0.190. The maximum atomic E-state index is 11.5. The van der Waals surface area contributed by atoms with Gasteiger partial charge in [0.25, 0.3) is 0 Å². The first-order valence-corrected chi connectivity index (χ1v) is 8.73. The Morgan fingerprint density at radius 3 is 2.67 bits per heavy atom. The van der Waals surface area contributed by atoms with Crippen LogP contribution in [0.4, 0.5) is 5.95 Å². The van der Waals surface area contributed by atoms with E-state index in [1.54, 1.807) is 30.5 Å². The van der Waals surface area contributed by atoms with Crippen molar-refractivity contribution in [3.8, 4) is 17.0 Å². The molecule has 1 atom stereocenters. The monoisotopic (exact) mass is 363 g/mol. The molecule has 0 saturated heterocycles. The molecule has 0 radical (unpaired) electrons. The molecule has 138 valence electrons. The van der Waals surface area contributed by atoms with Gasteiger partial charge < -0.3 is 15.2 Å². The first kappa shape index (κ1) is 18.4. The number of hydrogen-bond acceptors (Lipinski definition) is 5. The zero-order chi connectivity index (χ0) is 19.2. The molecule has 0 fully saturated rings. The first-order valence-electron chi connectivity index (χ1n) is 8.73. The lowest BCUT2D eigenvalue weighted by Crippen LogP contribution is -2.09. The Hall–Kier alpha value is -3.41. The number of carboxylic acid groups (broad SMARTS) is 1. The summed E-state index contributed by atoms with van der Waals surface area (Å²) in [5.74, 6) is -0.209. The minimum atomic E-state index is -1.04. The number of anilines is 1. The highest BCUT2D eigenvalue weighted by atomic mass is 16.5. The van der Waals surface area contributed by atoms with E-state index in [0.717, 1.165) is 5.56 Å². The zero-order valence-corrected chi connectivity index (χ0v) is 15.2. The molecule has 1 unspecified atom stereocenters. The summed E-state index contributed by atoms with van der Waals surface area (Å²) in [6.07, 6.45) is 1.65. The third-order valence-electron chi connectivity index (χ3n) is 4.11. The van der Waals surface area contributed by atoms with Crippen LogP contribution >= 0.6 is 0 Å². The molecule has 3 aromatic rings. The lowest BCUT2D eigenvalue weighted by molar-refractivity contribution is 0.0692. The predicted molar refractivity (Wildman–Crippen MR) is 104 cm³/mol. The molecule has 0 saturated carbocycles. The highest BCUT2D eigenvalue weighted by Gasteiger charge is 2.14. The van der Waals surface area contributed by atoms with E-state index in [9.17, 15) is 9.90 Å². The van der Waals surface area contributed by atoms with Crippen molar-refractivity contribution >= 4 is 11.9 Å². The molecule has 0 aliphatic heterocycles. The van der Waals surface area contributed by atoms with Gasteiger partial charge in [0.2, 0.25) is 5.95 Å². The summed E-state index contributed by atoms with van der Waals surface area (Å²) in [4.78, 5) is 20.3. The molecule has 0 aliphatic carbocycles. The summed E-state index contributed by atoms with van der Waals surface area (Å²) < 4.78 is 5.39. The number of nitrogens with zero attached hydrogens (tertiary/aromatic N) is 2. The van der Waals surface area contributed by atoms with E-state index in [4.69, 9.17) is 4.74 Å². The number of carbonyl (C=O) groups is 1. The Bertz CT molecular complexity index is 929. The third kappa shape index (κ3) is 4.41. The van der Waals surface area contributed by atoms with E-state index in [1.165, 1.54) is 0 Å². The molecule has 6 nitrogen and oxygen atoms in total. The molecule has 2 aromatic carbocycles. The van der Waals surface area contributed by atoms with Gasteiger partial charge in [-0.25, -0.2) is 14.8 Å². The van der Waals surface area contributed by atoms with Gasteiger partial charge in [-0.3, -0.25) is 0 Å². The lowest BCUT2D eigenvalue weighted by atomic mass is 10.1. The summed E-state index contributed by atoms with van der Waals surface area (Å²) >= 11 is 0. The molecule has 0 aliphatic rings. The Morgan fingerprint density at radius 2 is 1.96 bits per heavy atom. The van der Waals surface area contributed by atoms with Crippen LogP contribution in [0.15, 0.2) is 60.8 Å². The molecule has 0 amide bonds. The smallest absolute Gasteiger partial charge is 0.339 e. The Labute approximate surface area is 157 Å². The third-order valence-corrected chi connectivity index (χ3v) is 4.11. The summed E-state index contributed by atoms with van der Waals surface area (Å²) in [5, 5.41) is 12.7. The lowest BCUT2D eigenvalue weighted by Gasteiger charge is -2.15. The molecule has 0 spiro atoms. The number of rotatable bonds is 7. The van der Waals surface area contributed by atoms with E-state index < -0.39 is 5.97 Å². The average molecular weight is 363 g/mol. The minimum Gasteiger partial charge on any atom is -0.493 e. The summed E-state index contributed by atoms with van der Waals surface area (Å²) in [5.41, 5.74) is 2.56. The number of hydrogen-bond donors (Lipinski definition) is 2.